The van der Waals surface area contributed by atoms with Crippen molar-refractivity contribution in [3.8, 4) is 5.75 Å². The number of halogens is 1. The molecule has 0 aliphatic carbocycles. The molecule has 1 aromatic carbocycles. The third kappa shape index (κ3) is 5.75. The highest BCUT2D eigenvalue weighted by Gasteiger charge is 2.18. The van der Waals surface area contributed by atoms with Crippen LogP contribution in [0.15, 0.2) is 22.7 Å². The Morgan fingerprint density at radius 3 is 2.67 bits per heavy atom. The molecular weight excluding hydrogens is 338 g/mol. The maximum absolute atomic E-state index is 11.8. The molecule has 0 heterocycles. The summed E-state index contributed by atoms with van der Waals surface area (Å²) in [6.07, 6.45) is 1.96. The molecule has 0 aromatic heterocycles. The number of aryl methyl sites for hydroxylation is 1. The van der Waals surface area contributed by atoms with Crippen LogP contribution >= 0.6 is 15.9 Å². The zero-order valence-corrected chi connectivity index (χ0v) is 13.8. The van der Waals surface area contributed by atoms with Crippen molar-refractivity contribution in [2.24, 2.45) is 0 Å². The average molecular weight is 358 g/mol. The van der Waals surface area contributed by atoms with E-state index in [1.54, 1.807) is 7.11 Å². The van der Waals surface area contributed by atoms with Gasteiger partial charge >= 0.3 is 5.97 Å². The fourth-order valence-electron chi connectivity index (χ4n) is 1.94. The van der Waals surface area contributed by atoms with Crippen molar-refractivity contribution in [3.63, 3.8) is 0 Å². The van der Waals surface area contributed by atoms with Gasteiger partial charge in [-0.25, -0.2) is 4.79 Å². The summed E-state index contributed by atoms with van der Waals surface area (Å²) in [5, 5.41) is 11.5. The molecule has 116 valence electrons. The number of hydrogen-bond acceptors (Lipinski definition) is 3. The maximum atomic E-state index is 11.8. The van der Waals surface area contributed by atoms with Gasteiger partial charge in [0.2, 0.25) is 5.91 Å². The van der Waals surface area contributed by atoms with Gasteiger partial charge < -0.3 is 15.2 Å². The van der Waals surface area contributed by atoms with Crippen molar-refractivity contribution in [2.75, 3.05) is 7.11 Å². The Labute approximate surface area is 132 Å². The lowest BCUT2D eigenvalue weighted by atomic mass is 10.1. The van der Waals surface area contributed by atoms with Gasteiger partial charge in [-0.3, -0.25) is 4.79 Å². The number of aliphatic carboxylic acids is 1. The van der Waals surface area contributed by atoms with Crippen LogP contribution in [0.2, 0.25) is 0 Å². The number of methoxy groups -OCH3 is 1. The van der Waals surface area contributed by atoms with Crippen LogP contribution in [0.5, 0.6) is 5.75 Å². The fraction of sp³-hybridized carbons (Fsp3) is 0.467. The van der Waals surface area contributed by atoms with Crippen molar-refractivity contribution < 1.29 is 19.4 Å². The number of amides is 1. The number of nitrogens with one attached hydrogen (secondary N) is 1. The van der Waals surface area contributed by atoms with Gasteiger partial charge in [-0.2, -0.15) is 0 Å². The lowest BCUT2D eigenvalue weighted by molar-refractivity contribution is -0.142. The van der Waals surface area contributed by atoms with E-state index in [4.69, 9.17) is 9.84 Å². The van der Waals surface area contributed by atoms with Crippen LogP contribution in [0.1, 0.15) is 31.7 Å². The highest BCUT2D eigenvalue weighted by molar-refractivity contribution is 9.10. The summed E-state index contributed by atoms with van der Waals surface area (Å²) in [5.74, 6) is -0.503. The third-order valence-corrected chi connectivity index (χ3v) is 3.69. The molecule has 0 radical (unpaired) electrons. The lowest BCUT2D eigenvalue weighted by Crippen LogP contribution is -2.40. The first-order chi connectivity index (χ1) is 9.97. The molecule has 6 heteroatoms. The smallest absolute Gasteiger partial charge is 0.326 e. The molecule has 0 bridgehead atoms. The van der Waals surface area contributed by atoms with Crippen LogP contribution in [0, 0.1) is 0 Å². The minimum atomic E-state index is -0.989. The summed E-state index contributed by atoms with van der Waals surface area (Å²) in [6.45, 7) is 1.89. The molecule has 0 fully saturated rings. The summed E-state index contributed by atoms with van der Waals surface area (Å²) < 4.78 is 5.97. The lowest BCUT2D eigenvalue weighted by Gasteiger charge is -2.13. The Morgan fingerprint density at radius 2 is 2.14 bits per heavy atom. The Hall–Kier alpha value is -1.56. The van der Waals surface area contributed by atoms with Crippen LogP contribution in [-0.4, -0.2) is 30.1 Å². The topological polar surface area (TPSA) is 75.6 Å². The van der Waals surface area contributed by atoms with Crippen molar-refractivity contribution >= 4 is 27.8 Å². The van der Waals surface area contributed by atoms with Gasteiger partial charge in [-0.1, -0.05) is 19.4 Å². The van der Waals surface area contributed by atoms with Gasteiger partial charge in [0, 0.05) is 6.42 Å². The zero-order valence-electron chi connectivity index (χ0n) is 12.2. The first kappa shape index (κ1) is 17.5. The molecule has 0 spiro atoms. The summed E-state index contributed by atoms with van der Waals surface area (Å²) >= 11 is 3.39. The maximum Gasteiger partial charge on any atom is 0.326 e. The van der Waals surface area contributed by atoms with E-state index in [9.17, 15) is 9.59 Å². The predicted octanol–water partition coefficient (Wildman–Crippen LogP) is 2.76. The number of carbonyl (C=O) groups excluding carboxylic acids is 1. The first-order valence-electron chi connectivity index (χ1n) is 6.82. The van der Waals surface area contributed by atoms with Gasteiger partial charge in [-0.15, -0.1) is 0 Å². The van der Waals surface area contributed by atoms with E-state index in [2.05, 4.69) is 21.2 Å². The Morgan fingerprint density at radius 1 is 1.43 bits per heavy atom. The van der Waals surface area contributed by atoms with Gasteiger partial charge in [0.25, 0.3) is 0 Å². The number of rotatable bonds is 8. The minimum absolute atomic E-state index is 0.247. The largest absolute Gasteiger partial charge is 0.496 e. The number of ether oxygens (including phenoxy) is 1. The fourth-order valence-corrected chi connectivity index (χ4v) is 2.52. The van der Waals surface area contributed by atoms with E-state index in [1.807, 2.05) is 25.1 Å². The molecule has 1 amide bonds. The monoisotopic (exact) mass is 357 g/mol. The second-order valence-corrected chi connectivity index (χ2v) is 5.57. The van der Waals surface area contributed by atoms with Crippen molar-refractivity contribution in [1.29, 1.82) is 0 Å². The van der Waals surface area contributed by atoms with Crippen molar-refractivity contribution in [1.82, 2.24) is 5.32 Å². The van der Waals surface area contributed by atoms with E-state index in [0.717, 1.165) is 15.8 Å². The van der Waals surface area contributed by atoms with E-state index in [1.165, 1.54) is 0 Å². The highest BCUT2D eigenvalue weighted by Crippen LogP contribution is 2.25. The summed E-state index contributed by atoms with van der Waals surface area (Å²) in [7, 11) is 1.59. The molecular formula is C15H20BrNO4. The highest BCUT2D eigenvalue weighted by atomic mass is 79.9. The van der Waals surface area contributed by atoms with E-state index in [-0.39, 0.29) is 12.3 Å². The van der Waals surface area contributed by atoms with Gasteiger partial charge in [0.15, 0.2) is 0 Å². The Balaban J connectivity index is 2.52. The zero-order chi connectivity index (χ0) is 15.8. The number of carboxylic acids is 1. The molecule has 5 nitrogen and oxygen atoms in total. The summed E-state index contributed by atoms with van der Waals surface area (Å²) in [5.41, 5.74) is 0.986. The SMILES string of the molecule is CCC[C@@H](NC(=O)CCc1ccc(OC)c(Br)c1)C(=O)O. The second-order valence-electron chi connectivity index (χ2n) is 4.72. The number of carbonyl (C=O) groups is 2. The molecule has 21 heavy (non-hydrogen) atoms. The van der Waals surface area contributed by atoms with Crippen molar-refractivity contribution in [2.45, 2.75) is 38.6 Å². The summed E-state index contributed by atoms with van der Waals surface area (Å²) in [4.78, 5) is 22.8. The predicted molar refractivity (Wildman–Crippen MR) is 83.5 cm³/mol. The minimum Gasteiger partial charge on any atom is -0.496 e. The molecule has 2 N–H and O–H groups in total. The molecule has 0 saturated carbocycles. The third-order valence-electron chi connectivity index (χ3n) is 3.07. The molecule has 0 aliphatic heterocycles. The normalized spacial score (nSPS) is 11.8. The van der Waals surface area contributed by atoms with Crippen LogP contribution < -0.4 is 10.1 Å². The Bertz CT molecular complexity index is 504. The molecule has 1 aromatic rings. The first-order valence-corrected chi connectivity index (χ1v) is 7.61. The van der Waals surface area contributed by atoms with Gasteiger partial charge in [0.05, 0.1) is 11.6 Å². The van der Waals surface area contributed by atoms with Crippen molar-refractivity contribution in [3.05, 3.63) is 28.2 Å². The van der Waals surface area contributed by atoms with Crippen LogP contribution in [0.4, 0.5) is 0 Å². The Kier molecular flexibility index (Phi) is 7.22. The molecule has 0 aliphatic rings. The molecule has 1 rings (SSSR count). The van der Waals surface area contributed by atoms with Crippen LogP contribution in [0.25, 0.3) is 0 Å². The quantitative estimate of drug-likeness (QED) is 0.749. The van der Waals surface area contributed by atoms with Crippen LogP contribution in [-0.2, 0) is 16.0 Å². The standard InChI is InChI=1S/C15H20BrNO4/c1-3-4-12(15(19)20)17-14(18)8-6-10-5-7-13(21-2)11(16)9-10/h5,7,9,12H,3-4,6,8H2,1-2H3,(H,17,18)(H,19,20)/t12-/m1/s1. The molecule has 0 unspecified atom stereocenters. The van der Waals surface area contributed by atoms with Gasteiger partial charge in [0.1, 0.15) is 11.8 Å². The van der Waals surface area contributed by atoms with E-state index < -0.39 is 12.0 Å². The number of carboxylic acid groups (broad SMARTS) is 1. The average Bonchev–Trinajstić information content (AvgIpc) is 2.44. The van der Waals surface area contributed by atoms with E-state index >= 15 is 0 Å². The number of hydrogen-bond donors (Lipinski definition) is 2. The molecule has 0 saturated heterocycles. The van der Waals surface area contributed by atoms with Gasteiger partial charge in [-0.05, 0) is 46.5 Å². The molecule has 1 atom stereocenters. The van der Waals surface area contributed by atoms with Crippen LogP contribution in [0.3, 0.4) is 0 Å². The second kappa shape index (κ2) is 8.67. The summed E-state index contributed by atoms with van der Waals surface area (Å²) in [6, 6.07) is 4.81. The van der Waals surface area contributed by atoms with E-state index in [0.29, 0.717) is 19.3 Å². The number of benzene rings is 1.